The summed E-state index contributed by atoms with van der Waals surface area (Å²) < 4.78 is 5.46. The van der Waals surface area contributed by atoms with Gasteiger partial charge >= 0.3 is 5.97 Å². The van der Waals surface area contributed by atoms with Gasteiger partial charge in [-0.1, -0.05) is 24.5 Å². The first-order valence-electron chi connectivity index (χ1n) is 10.8. The van der Waals surface area contributed by atoms with Crippen molar-refractivity contribution in [3.05, 3.63) is 27.2 Å². The van der Waals surface area contributed by atoms with Crippen LogP contribution >= 0.6 is 11.3 Å². The predicted octanol–water partition coefficient (Wildman–Crippen LogP) is 3.63. The average molecular weight is 433 g/mol. The van der Waals surface area contributed by atoms with E-state index in [4.69, 9.17) is 4.74 Å². The summed E-state index contributed by atoms with van der Waals surface area (Å²) in [6.45, 7) is 6.21. The zero-order valence-corrected chi connectivity index (χ0v) is 18.8. The van der Waals surface area contributed by atoms with Crippen molar-refractivity contribution in [2.45, 2.75) is 72.1 Å². The molecule has 30 heavy (non-hydrogen) atoms. The highest BCUT2D eigenvalue weighted by molar-refractivity contribution is 7.17. The van der Waals surface area contributed by atoms with Gasteiger partial charge in [0.1, 0.15) is 5.00 Å². The largest absolute Gasteiger partial charge is 0.550 e. The second kappa shape index (κ2) is 9.77. The summed E-state index contributed by atoms with van der Waals surface area (Å²) in [4.78, 5) is 38.7. The van der Waals surface area contributed by atoms with Crippen LogP contribution in [-0.2, 0) is 27.2 Å². The van der Waals surface area contributed by atoms with Gasteiger partial charge in [0.25, 0.3) is 0 Å². The van der Waals surface area contributed by atoms with Crippen LogP contribution in [-0.4, -0.2) is 24.5 Å². The van der Waals surface area contributed by atoms with Gasteiger partial charge in [-0.2, -0.15) is 0 Å². The first-order chi connectivity index (χ1) is 14.3. The Morgan fingerprint density at radius 1 is 1.10 bits per heavy atom. The number of rotatable bonds is 7. The topological polar surface area (TPSA) is 95.5 Å². The lowest BCUT2D eigenvalue weighted by molar-refractivity contribution is -0.313. The van der Waals surface area contributed by atoms with Crippen LogP contribution in [0.15, 0.2) is 11.1 Å². The van der Waals surface area contributed by atoms with E-state index in [1.54, 1.807) is 0 Å². The molecule has 1 N–H and O–H groups in total. The zero-order valence-electron chi connectivity index (χ0n) is 18.0. The van der Waals surface area contributed by atoms with Crippen LogP contribution in [0.1, 0.15) is 80.1 Å². The minimum atomic E-state index is -1.20. The van der Waals surface area contributed by atoms with E-state index >= 15 is 0 Å². The number of fused-ring (bicyclic) bond motifs is 1. The molecule has 1 aromatic rings. The number of carbonyl (C=O) groups excluding carboxylic acids is 3. The van der Waals surface area contributed by atoms with Crippen LogP contribution in [0.4, 0.5) is 5.00 Å². The van der Waals surface area contributed by atoms with Crippen LogP contribution < -0.4 is 10.4 Å². The number of carboxylic acid groups (broad SMARTS) is 1. The van der Waals surface area contributed by atoms with Gasteiger partial charge in [0.15, 0.2) is 0 Å². The molecular weight excluding hydrogens is 402 g/mol. The van der Waals surface area contributed by atoms with Crippen molar-refractivity contribution < 1.29 is 24.2 Å². The molecule has 1 heterocycles. The van der Waals surface area contributed by atoms with E-state index in [9.17, 15) is 19.5 Å². The van der Waals surface area contributed by atoms with Crippen molar-refractivity contribution in [1.82, 2.24) is 0 Å². The number of allylic oxidation sites excluding steroid dienone is 2. The lowest BCUT2D eigenvalue weighted by Crippen LogP contribution is -2.42. The van der Waals surface area contributed by atoms with Crippen molar-refractivity contribution in [3.63, 3.8) is 0 Å². The molecule has 6 nitrogen and oxygen atoms in total. The Balaban J connectivity index is 1.86. The molecule has 2 atom stereocenters. The number of carbonyl (C=O) groups is 3. The summed E-state index contributed by atoms with van der Waals surface area (Å²) in [5.74, 6) is -3.53. The first kappa shape index (κ1) is 22.5. The van der Waals surface area contributed by atoms with Crippen LogP contribution in [0, 0.1) is 11.8 Å². The van der Waals surface area contributed by atoms with E-state index < -0.39 is 23.8 Å². The number of carboxylic acids is 1. The number of thiophene rings is 1. The number of amides is 1. The zero-order chi connectivity index (χ0) is 21.8. The van der Waals surface area contributed by atoms with Gasteiger partial charge in [0.2, 0.25) is 5.91 Å². The third-order valence-electron chi connectivity index (χ3n) is 6.25. The molecule has 0 unspecified atom stereocenters. The Bertz CT molecular complexity index is 869. The molecule has 2 aliphatic rings. The normalized spacial score (nSPS) is 21.2. The highest BCUT2D eigenvalue weighted by Gasteiger charge is 2.35. The number of nitrogens with one attached hydrogen (secondary N) is 1. The van der Waals surface area contributed by atoms with Gasteiger partial charge in [0.05, 0.1) is 18.1 Å². The summed E-state index contributed by atoms with van der Waals surface area (Å²) in [6.07, 6.45) is 6.17. The van der Waals surface area contributed by atoms with Gasteiger partial charge in [-0.15, -0.1) is 11.3 Å². The highest BCUT2D eigenvalue weighted by Crippen LogP contribution is 2.40. The van der Waals surface area contributed by atoms with Crippen molar-refractivity contribution in [1.29, 1.82) is 0 Å². The van der Waals surface area contributed by atoms with Crippen molar-refractivity contribution in [2.75, 3.05) is 11.9 Å². The molecule has 0 saturated carbocycles. The monoisotopic (exact) mass is 432 g/mol. The second-order valence-corrected chi connectivity index (χ2v) is 9.50. The van der Waals surface area contributed by atoms with Gasteiger partial charge in [0, 0.05) is 16.8 Å². The number of unbranched alkanes of at least 4 members (excludes halogenated alkanes) is 1. The van der Waals surface area contributed by atoms with Crippen molar-refractivity contribution in [2.24, 2.45) is 11.8 Å². The molecular formula is C23H30NO5S-. The number of ether oxygens (including phenoxy) is 1. The molecule has 0 aromatic carbocycles. The minimum Gasteiger partial charge on any atom is -0.550 e. The summed E-state index contributed by atoms with van der Waals surface area (Å²) in [5, 5.41) is 15.1. The lowest BCUT2D eigenvalue weighted by Gasteiger charge is -2.32. The maximum Gasteiger partial charge on any atom is 0.341 e. The molecule has 3 rings (SSSR count). The Morgan fingerprint density at radius 2 is 1.77 bits per heavy atom. The Kier molecular flexibility index (Phi) is 7.34. The Hall–Kier alpha value is -2.15. The molecule has 0 fully saturated rings. The van der Waals surface area contributed by atoms with E-state index in [0.29, 0.717) is 30.0 Å². The molecule has 7 heteroatoms. The van der Waals surface area contributed by atoms with Crippen molar-refractivity contribution in [3.8, 4) is 0 Å². The predicted molar refractivity (Wildman–Crippen MR) is 114 cm³/mol. The third kappa shape index (κ3) is 4.77. The number of anilines is 1. The molecule has 164 valence electrons. The summed E-state index contributed by atoms with van der Waals surface area (Å²) in [5.41, 5.74) is 3.48. The molecule has 1 aromatic heterocycles. The van der Waals surface area contributed by atoms with E-state index in [1.807, 2.05) is 20.8 Å². The average Bonchev–Trinajstić information content (AvgIpc) is 3.07. The molecule has 2 aliphatic carbocycles. The summed E-state index contributed by atoms with van der Waals surface area (Å²) in [6, 6.07) is 0. The van der Waals surface area contributed by atoms with E-state index in [0.717, 1.165) is 60.1 Å². The molecule has 0 aliphatic heterocycles. The fourth-order valence-electron chi connectivity index (χ4n) is 4.27. The second-order valence-electron chi connectivity index (χ2n) is 8.39. The minimum absolute atomic E-state index is 0.319. The van der Waals surface area contributed by atoms with E-state index in [-0.39, 0.29) is 5.91 Å². The first-order valence-corrected chi connectivity index (χ1v) is 11.6. The number of aryl methyl sites for hydroxylation is 1. The Labute approximate surface area is 181 Å². The van der Waals surface area contributed by atoms with Gasteiger partial charge in [-0.05, 0) is 64.4 Å². The van der Waals surface area contributed by atoms with Gasteiger partial charge in [-0.3, -0.25) is 4.79 Å². The molecule has 0 saturated heterocycles. The number of esters is 1. The fourth-order valence-corrected chi connectivity index (χ4v) is 5.55. The lowest BCUT2D eigenvalue weighted by atomic mass is 9.76. The number of aliphatic carboxylic acids is 1. The summed E-state index contributed by atoms with van der Waals surface area (Å²) in [7, 11) is 0. The SMILES string of the molecule is CCCCOC(=O)c1c(NC(=O)[C@@H]2CC(C)=C(C)C[C@H]2C(=O)[O-])sc2c1CCCC2. The number of hydrogen-bond acceptors (Lipinski definition) is 6. The smallest absolute Gasteiger partial charge is 0.341 e. The van der Waals surface area contributed by atoms with Crippen LogP contribution in [0.5, 0.6) is 0 Å². The highest BCUT2D eigenvalue weighted by atomic mass is 32.1. The fraction of sp³-hybridized carbons (Fsp3) is 0.609. The quantitative estimate of drug-likeness (QED) is 0.403. The maximum atomic E-state index is 13.1. The van der Waals surface area contributed by atoms with Gasteiger partial charge in [-0.25, -0.2) is 4.79 Å². The van der Waals surface area contributed by atoms with Crippen molar-refractivity contribution >= 4 is 34.2 Å². The molecule has 0 spiro atoms. The maximum absolute atomic E-state index is 13.1. The van der Waals surface area contributed by atoms with E-state index in [2.05, 4.69) is 5.32 Å². The van der Waals surface area contributed by atoms with Crippen LogP contribution in [0.2, 0.25) is 0 Å². The van der Waals surface area contributed by atoms with Gasteiger partial charge < -0.3 is 20.0 Å². The summed E-state index contributed by atoms with van der Waals surface area (Å²) >= 11 is 1.42. The van der Waals surface area contributed by atoms with E-state index in [1.165, 1.54) is 11.3 Å². The standard InChI is InChI=1S/C23H31NO5S/c1-4-5-10-29-23(28)19-15-8-6-7-9-18(15)30-21(19)24-20(25)16-11-13(2)14(3)12-17(16)22(26)27/h16-17H,4-12H2,1-3H3,(H,24,25)(H,26,27)/p-1/t16-,17-/m1/s1. The molecule has 0 radical (unpaired) electrons. The van der Waals surface area contributed by atoms with Crippen LogP contribution in [0.3, 0.4) is 0 Å². The van der Waals surface area contributed by atoms with Crippen LogP contribution in [0.25, 0.3) is 0 Å². The third-order valence-corrected chi connectivity index (χ3v) is 7.46. The number of hydrogen-bond donors (Lipinski definition) is 1. The molecule has 1 amide bonds. The Morgan fingerprint density at radius 3 is 2.43 bits per heavy atom. The molecule has 0 bridgehead atoms.